The minimum absolute atomic E-state index is 0.212. The summed E-state index contributed by atoms with van der Waals surface area (Å²) in [5.41, 5.74) is 0.212. The van der Waals surface area contributed by atoms with E-state index in [0.29, 0.717) is 5.75 Å². The summed E-state index contributed by atoms with van der Waals surface area (Å²) >= 11 is 0. The zero-order valence-corrected chi connectivity index (χ0v) is 9.14. The van der Waals surface area contributed by atoms with Gasteiger partial charge in [0.15, 0.2) is 6.04 Å². The molecule has 0 aromatic heterocycles. The van der Waals surface area contributed by atoms with Crippen molar-refractivity contribution in [3.05, 3.63) is 29.8 Å². The number of carboxylic acid groups (broad SMARTS) is 1. The maximum absolute atomic E-state index is 12.3. The molecule has 0 radical (unpaired) electrons. The molecule has 1 amide bonds. The first-order valence-corrected chi connectivity index (χ1v) is 4.82. The van der Waals surface area contributed by atoms with Gasteiger partial charge in [0.25, 0.3) is 5.91 Å². The van der Waals surface area contributed by atoms with Crippen molar-refractivity contribution in [2.45, 2.75) is 6.04 Å². The van der Waals surface area contributed by atoms with E-state index < -0.39 is 24.6 Å². The molecule has 1 rings (SSSR count). The van der Waals surface area contributed by atoms with E-state index in [1.165, 1.54) is 19.2 Å². The predicted molar refractivity (Wildman–Crippen MR) is 57.9 cm³/mol. The number of rotatable bonds is 5. The van der Waals surface area contributed by atoms with Crippen LogP contribution in [0.5, 0.6) is 5.75 Å². The highest BCUT2D eigenvalue weighted by atomic mass is 19.1. The van der Waals surface area contributed by atoms with Crippen molar-refractivity contribution < 1.29 is 23.8 Å². The van der Waals surface area contributed by atoms with Gasteiger partial charge in [0.1, 0.15) is 12.4 Å². The van der Waals surface area contributed by atoms with E-state index in [1.807, 2.05) is 0 Å². The quantitative estimate of drug-likeness (QED) is 0.801. The summed E-state index contributed by atoms with van der Waals surface area (Å²) in [6, 6.07) is 4.61. The monoisotopic (exact) mass is 241 g/mol. The molecule has 5 nitrogen and oxygen atoms in total. The SMILES string of the molecule is COc1cccc(C(=O)NC(CF)C(=O)O)c1. The van der Waals surface area contributed by atoms with Gasteiger partial charge in [-0.3, -0.25) is 4.79 Å². The van der Waals surface area contributed by atoms with Gasteiger partial charge < -0.3 is 15.2 Å². The number of halogens is 1. The number of carbonyl (C=O) groups excluding carboxylic acids is 1. The second-order valence-electron chi connectivity index (χ2n) is 3.25. The molecule has 6 heteroatoms. The van der Waals surface area contributed by atoms with Gasteiger partial charge in [-0.25, -0.2) is 9.18 Å². The Hall–Kier alpha value is -2.11. The number of hydrogen-bond donors (Lipinski definition) is 2. The molecular formula is C11H12FNO4. The van der Waals surface area contributed by atoms with Crippen LogP contribution in [-0.4, -0.2) is 36.8 Å². The lowest BCUT2D eigenvalue weighted by molar-refractivity contribution is -0.139. The molecule has 1 aromatic rings. The maximum Gasteiger partial charge on any atom is 0.328 e. The highest BCUT2D eigenvalue weighted by Gasteiger charge is 2.20. The third-order valence-corrected chi connectivity index (χ3v) is 2.09. The predicted octanol–water partition coefficient (Wildman–Crippen LogP) is 0.848. The minimum atomic E-state index is -1.53. The van der Waals surface area contributed by atoms with Crippen LogP contribution in [0.3, 0.4) is 0 Å². The first-order valence-electron chi connectivity index (χ1n) is 4.82. The average molecular weight is 241 g/mol. The Morgan fingerprint density at radius 1 is 1.53 bits per heavy atom. The summed E-state index contributed by atoms with van der Waals surface area (Å²) in [4.78, 5) is 22.1. The Morgan fingerprint density at radius 2 is 2.24 bits per heavy atom. The van der Waals surface area contributed by atoms with Gasteiger partial charge in [0.05, 0.1) is 7.11 Å². The summed E-state index contributed by atoms with van der Waals surface area (Å²) in [6.45, 7) is -1.16. The number of carbonyl (C=O) groups is 2. The van der Waals surface area contributed by atoms with E-state index in [9.17, 15) is 14.0 Å². The number of amides is 1. The Labute approximate surface area is 97.2 Å². The van der Waals surface area contributed by atoms with Crippen molar-refractivity contribution in [1.29, 1.82) is 0 Å². The summed E-state index contributed by atoms with van der Waals surface area (Å²) in [6.07, 6.45) is 0. The molecular weight excluding hydrogens is 229 g/mol. The fraction of sp³-hybridized carbons (Fsp3) is 0.273. The number of hydrogen-bond acceptors (Lipinski definition) is 3. The topological polar surface area (TPSA) is 75.6 Å². The van der Waals surface area contributed by atoms with Crippen LogP contribution in [0.2, 0.25) is 0 Å². The van der Waals surface area contributed by atoms with Crippen molar-refractivity contribution in [1.82, 2.24) is 5.32 Å². The molecule has 92 valence electrons. The van der Waals surface area contributed by atoms with Crippen LogP contribution in [0.15, 0.2) is 24.3 Å². The van der Waals surface area contributed by atoms with E-state index >= 15 is 0 Å². The number of ether oxygens (including phenoxy) is 1. The van der Waals surface area contributed by atoms with Crippen molar-refractivity contribution >= 4 is 11.9 Å². The summed E-state index contributed by atoms with van der Waals surface area (Å²) in [5, 5.41) is 10.7. The van der Waals surface area contributed by atoms with Crippen molar-refractivity contribution in [2.24, 2.45) is 0 Å². The molecule has 1 atom stereocenters. The van der Waals surface area contributed by atoms with Crippen LogP contribution in [0.25, 0.3) is 0 Å². The molecule has 0 heterocycles. The molecule has 0 aliphatic carbocycles. The van der Waals surface area contributed by atoms with E-state index in [-0.39, 0.29) is 5.56 Å². The van der Waals surface area contributed by atoms with Crippen LogP contribution in [-0.2, 0) is 4.79 Å². The van der Waals surface area contributed by atoms with Gasteiger partial charge in [-0.2, -0.15) is 0 Å². The minimum Gasteiger partial charge on any atom is -0.497 e. The summed E-state index contributed by atoms with van der Waals surface area (Å²) in [7, 11) is 1.44. The largest absolute Gasteiger partial charge is 0.497 e. The first kappa shape index (κ1) is 13.0. The van der Waals surface area contributed by atoms with Crippen LogP contribution >= 0.6 is 0 Å². The Bertz CT molecular complexity index is 422. The summed E-state index contributed by atoms with van der Waals surface area (Å²) < 4.78 is 17.2. The average Bonchev–Trinajstić information content (AvgIpc) is 2.35. The number of methoxy groups -OCH3 is 1. The number of carboxylic acids is 1. The van der Waals surface area contributed by atoms with Crippen molar-refractivity contribution in [3.63, 3.8) is 0 Å². The van der Waals surface area contributed by atoms with E-state index in [0.717, 1.165) is 0 Å². The Balaban J connectivity index is 2.78. The fourth-order valence-electron chi connectivity index (χ4n) is 1.17. The molecule has 1 aromatic carbocycles. The van der Waals surface area contributed by atoms with E-state index in [1.54, 1.807) is 12.1 Å². The van der Waals surface area contributed by atoms with Crippen molar-refractivity contribution in [2.75, 3.05) is 13.8 Å². The van der Waals surface area contributed by atoms with Gasteiger partial charge in [0, 0.05) is 5.56 Å². The van der Waals surface area contributed by atoms with Crippen molar-refractivity contribution in [3.8, 4) is 5.75 Å². The lowest BCUT2D eigenvalue weighted by Crippen LogP contribution is -2.42. The maximum atomic E-state index is 12.3. The van der Waals surface area contributed by atoms with Gasteiger partial charge >= 0.3 is 5.97 Å². The van der Waals surface area contributed by atoms with Gasteiger partial charge in [-0.05, 0) is 18.2 Å². The van der Waals surface area contributed by atoms with E-state index in [4.69, 9.17) is 9.84 Å². The second kappa shape index (κ2) is 5.83. The van der Waals surface area contributed by atoms with Gasteiger partial charge in [-0.1, -0.05) is 6.07 Å². The number of benzene rings is 1. The molecule has 0 bridgehead atoms. The highest BCUT2D eigenvalue weighted by molar-refractivity contribution is 5.96. The molecule has 0 saturated carbocycles. The molecule has 1 unspecified atom stereocenters. The van der Waals surface area contributed by atoms with Crippen LogP contribution in [0, 0.1) is 0 Å². The first-order chi connectivity index (χ1) is 8.08. The molecule has 17 heavy (non-hydrogen) atoms. The number of aliphatic carboxylic acids is 1. The Kier molecular flexibility index (Phi) is 4.45. The van der Waals surface area contributed by atoms with Gasteiger partial charge in [-0.15, -0.1) is 0 Å². The zero-order valence-electron chi connectivity index (χ0n) is 9.14. The second-order valence-corrected chi connectivity index (χ2v) is 3.25. The standard InChI is InChI=1S/C11H12FNO4/c1-17-8-4-2-3-7(5-8)10(14)13-9(6-12)11(15)16/h2-5,9H,6H2,1H3,(H,13,14)(H,15,16). The highest BCUT2D eigenvalue weighted by Crippen LogP contribution is 2.12. The summed E-state index contributed by atoms with van der Waals surface area (Å²) in [5.74, 6) is -1.61. The van der Waals surface area contributed by atoms with E-state index in [2.05, 4.69) is 5.32 Å². The molecule has 0 saturated heterocycles. The fourth-order valence-corrected chi connectivity index (χ4v) is 1.17. The molecule has 0 fully saturated rings. The third kappa shape index (κ3) is 3.44. The Morgan fingerprint density at radius 3 is 2.76 bits per heavy atom. The number of nitrogens with one attached hydrogen (secondary N) is 1. The van der Waals surface area contributed by atoms with Crippen LogP contribution in [0.4, 0.5) is 4.39 Å². The molecule has 0 spiro atoms. The van der Waals surface area contributed by atoms with Crippen LogP contribution in [0.1, 0.15) is 10.4 Å². The lowest BCUT2D eigenvalue weighted by atomic mass is 10.2. The molecule has 0 aliphatic rings. The molecule has 2 N–H and O–H groups in total. The normalized spacial score (nSPS) is 11.6. The van der Waals surface area contributed by atoms with Crippen LogP contribution < -0.4 is 10.1 Å². The third-order valence-electron chi connectivity index (χ3n) is 2.09. The lowest BCUT2D eigenvalue weighted by Gasteiger charge is -2.11. The van der Waals surface area contributed by atoms with Gasteiger partial charge in [0.2, 0.25) is 0 Å². The molecule has 0 aliphatic heterocycles. The zero-order chi connectivity index (χ0) is 12.8. The smallest absolute Gasteiger partial charge is 0.328 e. The number of alkyl halides is 1.